The highest BCUT2D eigenvalue weighted by atomic mass is 32.2. The van der Waals surface area contributed by atoms with Gasteiger partial charge in [-0.2, -0.15) is 0 Å². The Balaban J connectivity index is 1.22. The van der Waals surface area contributed by atoms with Crippen molar-refractivity contribution in [1.82, 2.24) is 9.80 Å². The van der Waals surface area contributed by atoms with E-state index in [1.807, 2.05) is 23.1 Å². The molecule has 2 aromatic rings. The lowest BCUT2D eigenvalue weighted by molar-refractivity contribution is -0.135. The second-order valence-corrected chi connectivity index (χ2v) is 9.87. The third-order valence-electron chi connectivity index (χ3n) is 5.63. The number of amides is 1. The molecule has 0 bridgehead atoms. The minimum atomic E-state index is -3.32. The lowest BCUT2D eigenvalue weighted by Gasteiger charge is -2.34. The van der Waals surface area contributed by atoms with Crippen LogP contribution in [0.15, 0.2) is 42.5 Å². The fourth-order valence-electron chi connectivity index (χ4n) is 3.63. The first kappa shape index (κ1) is 22.2. The molecular weight excluding hydrogens is 434 g/mol. The highest BCUT2D eigenvalue weighted by Gasteiger charge is 2.22. The first-order valence-corrected chi connectivity index (χ1v) is 12.2. The van der Waals surface area contributed by atoms with Gasteiger partial charge in [-0.3, -0.25) is 14.0 Å². The molecule has 1 saturated heterocycles. The van der Waals surface area contributed by atoms with Crippen LogP contribution in [-0.4, -0.2) is 77.0 Å². The van der Waals surface area contributed by atoms with E-state index >= 15 is 0 Å². The number of anilines is 1. The van der Waals surface area contributed by atoms with E-state index in [0.717, 1.165) is 43.0 Å². The molecule has 1 fully saturated rings. The smallest absolute Gasteiger partial charge is 0.260 e. The quantitative estimate of drug-likeness (QED) is 0.618. The van der Waals surface area contributed by atoms with E-state index in [1.165, 1.54) is 11.4 Å². The molecule has 0 unspecified atom stereocenters. The van der Waals surface area contributed by atoms with Gasteiger partial charge in [0.1, 0.15) is 5.75 Å². The van der Waals surface area contributed by atoms with E-state index in [0.29, 0.717) is 24.5 Å². The average molecular weight is 462 g/mol. The van der Waals surface area contributed by atoms with Crippen LogP contribution in [0.25, 0.3) is 0 Å². The maximum atomic E-state index is 12.5. The summed E-state index contributed by atoms with van der Waals surface area (Å²) in [6.45, 7) is 3.87. The van der Waals surface area contributed by atoms with E-state index in [9.17, 15) is 13.2 Å². The van der Waals surface area contributed by atoms with Gasteiger partial charge in [0, 0.05) is 39.8 Å². The number of fused-ring (bicyclic) bond motifs is 1. The zero-order chi connectivity index (χ0) is 22.7. The molecule has 0 aromatic heterocycles. The molecule has 0 saturated carbocycles. The van der Waals surface area contributed by atoms with Gasteiger partial charge in [-0.25, -0.2) is 8.42 Å². The van der Waals surface area contributed by atoms with Crippen LogP contribution < -0.4 is 18.5 Å². The fourth-order valence-corrected chi connectivity index (χ4v) is 4.14. The van der Waals surface area contributed by atoms with Crippen LogP contribution in [0.5, 0.6) is 17.2 Å². The van der Waals surface area contributed by atoms with E-state index in [-0.39, 0.29) is 19.3 Å². The Morgan fingerprint density at radius 2 is 1.72 bits per heavy atom. The Hall–Kier alpha value is -2.98. The Morgan fingerprint density at radius 1 is 1.03 bits per heavy atom. The number of sulfonamides is 1. The van der Waals surface area contributed by atoms with Crippen molar-refractivity contribution in [3.63, 3.8) is 0 Å². The number of carbonyl (C=O) groups is 1. The van der Waals surface area contributed by atoms with Gasteiger partial charge in [0.15, 0.2) is 18.1 Å². The Labute approximate surface area is 188 Å². The molecule has 32 heavy (non-hydrogen) atoms. The summed E-state index contributed by atoms with van der Waals surface area (Å²) in [5.41, 5.74) is 1.69. The topological polar surface area (TPSA) is 88.6 Å². The average Bonchev–Trinajstić information content (AvgIpc) is 3.25. The molecule has 0 radical (unpaired) electrons. The van der Waals surface area contributed by atoms with Gasteiger partial charge in [0.2, 0.25) is 16.8 Å². The maximum Gasteiger partial charge on any atom is 0.260 e. The van der Waals surface area contributed by atoms with Gasteiger partial charge in [-0.15, -0.1) is 0 Å². The summed E-state index contributed by atoms with van der Waals surface area (Å²) in [6, 6.07) is 12.6. The summed E-state index contributed by atoms with van der Waals surface area (Å²) in [6.07, 6.45) is 1.14. The third kappa shape index (κ3) is 5.25. The SMILES string of the molecule is CN(c1ccc(OCC(=O)N2CCN(Cc3ccc4c(c3)OCO4)CC2)cc1)S(C)(=O)=O. The van der Waals surface area contributed by atoms with Crippen LogP contribution in [0.2, 0.25) is 0 Å². The van der Waals surface area contributed by atoms with Gasteiger partial charge < -0.3 is 19.1 Å². The Bertz CT molecular complexity index is 1070. The lowest BCUT2D eigenvalue weighted by atomic mass is 10.1. The number of carbonyl (C=O) groups excluding carboxylic acids is 1. The van der Waals surface area contributed by atoms with Crippen LogP contribution in [0.4, 0.5) is 5.69 Å². The molecular formula is C22H27N3O6S. The summed E-state index contributed by atoms with van der Waals surface area (Å²) in [7, 11) is -1.83. The van der Waals surface area contributed by atoms with Crippen LogP contribution in [0, 0.1) is 0 Å². The summed E-state index contributed by atoms with van der Waals surface area (Å²) in [4.78, 5) is 16.6. The van der Waals surface area contributed by atoms with Crippen molar-refractivity contribution >= 4 is 21.6 Å². The maximum absolute atomic E-state index is 12.5. The van der Waals surface area contributed by atoms with Gasteiger partial charge >= 0.3 is 0 Å². The largest absolute Gasteiger partial charge is 0.484 e. The number of ether oxygens (including phenoxy) is 3. The number of benzene rings is 2. The van der Waals surface area contributed by atoms with Crippen molar-refractivity contribution < 1.29 is 27.4 Å². The summed E-state index contributed by atoms with van der Waals surface area (Å²) in [5.74, 6) is 2.01. The van der Waals surface area contributed by atoms with E-state index < -0.39 is 10.0 Å². The molecule has 9 nitrogen and oxygen atoms in total. The Kier molecular flexibility index (Phi) is 6.43. The predicted molar refractivity (Wildman–Crippen MR) is 120 cm³/mol. The normalized spacial score (nSPS) is 16.1. The van der Waals surface area contributed by atoms with Crippen molar-refractivity contribution in [3.8, 4) is 17.2 Å². The van der Waals surface area contributed by atoms with Gasteiger partial charge in [-0.1, -0.05) is 6.07 Å². The molecule has 4 rings (SSSR count). The number of nitrogens with zero attached hydrogens (tertiary/aromatic N) is 3. The molecule has 0 N–H and O–H groups in total. The molecule has 0 aliphatic carbocycles. The number of rotatable bonds is 7. The molecule has 10 heteroatoms. The lowest BCUT2D eigenvalue weighted by Crippen LogP contribution is -2.49. The van der Waals surface area contributed by atoms with Crippen molar-refractivity contribution in [2.24, 2.45) is 0 Å². The highest BCUT2D eigenvalue weighted by molar-refractivity contribution is 7.92. The number of hydrogen-bond acceptors (Lipinski definition) is 7. The second kappa shape index (κ2) is 9.25. The molecule has 172 valence electrons. The van der Waals surface area contributed by atoms with Crippen LogP contribution >= 0.6 is 0 Å². The van der Waals surface area contributed by atoms with E-state index in [2.05, 4.69) is 4.90 Å². The zero-order valence-electron chi connectivity index (χ0n) is 18.2. The molecule has 2 aliphatic heterocycles. The van der Waals surface area contributed by atoms with E-state index in [4.69, 9.17) is 14.2 Å². The molecule has 0 atom stereocenters. The van der Waals surface area contributed by atoms with Crippen molar-refractivity contribution in [2.45, 2.75) is 6.54 Å². The molecule has 2 aromatic carbocycles. The fraction of sp³-hybridized carbons (Fsp3) is 0.409. The minimum Gasteiger partial charge on any atom is -0.484 e. The summed E-state index contributed by atoms with van der Waals surface area (Å²) >= 11 is 0. The standard InChI is InChI=1S/C22H27N3O6S/c1-23(32(2,27)28)18-4-6-19(7-5-18)29-15-22(26)25-11-9-24(10-12-25)14-17-3-8-20-21(13-17)31-16-30-20/h3-8,13H,9-12,14-16H2,1-2H3. The highest BCUT2D eigenvalue weighted by Crippen LogP contribution is 2.32. The van der Waals surface area contributed by atoms with Crippen molar-refractivity contribution in [2.75, 3.05) is 57.2 Å². The first-order valence-electron chi connectivity index (χ1n) is 10.3. The summed E-state index contributed by atoms with van der Waals surface area (Å²) in [5, 5.41) is 0. The van der Waals surface area contributed by atoms with Crippen LogP contribution in [0.3, 0.4) is 0 Å². The van der Waals surface area contributed by atoms with Gasteiger partial charge in [0.25, 0.3) is 5.91 Å². The van der Waals surface area contributed by atoms with Gasteiger partial charge in [0.05, 0.1) is 11.9 Å². The van der Waals surface area contributed by atoms with Gasteiger partial charge in [-0.05, 0) is 42.0 Å². The first-order chi connectivity index (χ1) is 15.3. The Morgan fingerprint density at radius 3 is 2.41 bits per heavy atom. The third-order valence-corrected chi connectivity index (χ3v) is 6.83. The molecule has 0 spiro atoms. The van der Waals surface area contributed by atoms with E-state index in [1.54, 1.807) is 24.3 Å². The minimum absolute atomic E-state index is 0.0522. The summed E-state index contributed by atoms with van der Waals surface area (Å²) < 4.78 is 40.8. The van der Waals surface area contributed by atoms with Crippen LogP contribution in [0.1, 0.15) is 5.56 Å². The molecule has 1 amide bonds. The number of piperazine rings is 1. The number of hydrogen-bond donors (Lipinski definition) is 0. The van der Waals surface area contributed by atoms with Crippen molar-refractivity contribution in [1.29, 1.82) is 0 Å². The second-order valence-electron chi connectivity index (χ2n) is 7.86. The van der Waals surface area contributed by atoms with Crippen LogP contribution in [-0.2, 0) is 21.4 Å². The predicted octanol–water partition coefficient (Wildman–Crippen LogP) is 1.53. The molecule has 2 heterocycles. The monoisotopic (exact) mass is 461 g/mol. The van der Waals surface area contributed by atoms with Crippen molar-refractivity contribution in [3.05, 3.63) is 48.0 Å². The zero-order valence-corrected chi connectivity index (χ0v) is 19.0. The molecule has 2 aliphatic rings.